The van der Waals surface area contributed by atoms with E-state index in [-0.39, 0.29) is 12.6 Å². The maximum absolute atomic E-state index is 12.0. The van der Waals surface area contributed by atoms with Gasteiger partial charge in [-0.25, -0.2) is 4.20 Å². The van der Waals surface area contributed by atoms with Crippen molar-refractivity contribution < 1.29 is 13.0 Å². The standard InChI is InChI=1S/C4H6F3P/c5-4(6)2-1-3-8(4)7/h1-3H2. The lowest BCUT2D eigenvalue weighted by Crippen LogP contribution is -2.03. The summed E-state index contributed by atoms with van der Waals surface area (Å²) in [6, 6.07) is 0. The minimum absolute atomic E-state index is 0.0995. The second-order valence-corrected chi connectivity index (χ2v) is 3.68. The summed E-state index contributed by atoms with van der Waals surface area (Å²) in [6.07, 6.45) is 0.215. The summed E-state index contributed by atoms with van der Waals surface area (Å²) in [5.41, 5.74) is -2.95. The fourth-order valence-electron chi connectivity index (χ4n) is 0.715. The number of halogens is 3. The first-order valence-corrected chi connectivity index (χ1v) is 3.86. The highest BCUT2D eigenvalue weighted by Gasteiger charge is 2.44. The van der Waals surface area contributed by atoms with Gasteiger partial charge in [0.15, 0.2) is 8.23 Å². The van der Waals surface area contributed by atoms with E-state index in [1.807, 2.05) is 0 Å². The Morgan fingerprint density at radius 2 is 2.00 bits per heavy atom. The Bertz CT molecular complexity index is 93.3. The van der Waals surface area contributed by atoms with E-state index in [2.05, 4.69) is 0 Å². The molecule has 4 heteroatoms. The van der Waals surface area contributed by atoms with Crippen molar-refractivity contribution in [2.45, 2.75) is 18.5 Å². The molecule has 0 bridgehead atoms. The van der Waals surface area contributed by atoms with Crippen LogP contribution in [0.2, 0.25) is 0 Å². The molecule has 0 N–H and O–H groups in total. The molecule has 1 heterocycles. The Morgan fingerprint density at radius 3 is 2.12 bits per heavy atom. The van der Waals surface area contributed by atoms with Crippen molar-refractivity contribution in [3.63, 3.8) is 0 Å². The molecule has 0 spiro atoms. The van der Waals surface area contributed by atoms with E-state index in [9.17, 15) is 13.0 Å². The van der Waals surface area contributed by atoms with Crippen LogP contribution in [0.3, 0.4) is 0 Å². The molecule has 1 aliphatic rings. The Balaban J connectivity index is 2.54. The van der Waals surface area contributed by atoms with Gasteiger partial charge in [-0.1, -0.05) is 0 Å². The van der Waals surface area contributed by atoms with Gasteiger partial charge in [0.2, 0.25) is 0 Å². The van der Waals surface area contributed by atoms with Gasteiger partial charge in [-0.05, 0) is 6.42 Å². The predicted molar refractivity (Wildman–Crippen MR) is 27.1 cm³/mol. The van der Waals surface area contributed by atoms with Crippen molar-refractivity contribution in [1.82, 2.24) is 0 Å². The minimum atomic E-state index is -2.95. The van der Waals surface area contributed by atoms with Gasteiger partial charge < -0.3 is 0 Å². The molecule has 1 aliphatic heterocycles. The minimum Gasteiger partial charge on any atom is -0.221 e. The average Bonchev–Trinajstić information content (AvgIpc) is 1.86. The van der Waals surface area contributed by atoms with Crippen LogP contribution in [-0.2, 0) is 0 Å². The first-order chi connectivity index (χ1) is 3.63. The lowest BCUT2D eigenvalue weighted by atomic mass is 10.4. The molecule has 0 saturated carbocycles. The van der Waals surface area contributed by atoms with E-state index in [1.54, 1.807) is 0 Å². The fraction of sp³-hybridized carbons (Fsp3) is 1.00. The van der Waals surface area contributed by atoms with Crippen LogP contribution in [-0.4, -0.2) is 11.8 Å². The Hall–Kier alpha value is 0.220. The second-order valence-electron chi connectivity index (χ2n) is 1.86. The normalized spacial score (nSPS) is 35.6. The summed E-state index contributed by atoms with van der Waals surface area (Å²) in [5, 5.41) is 0. The monoisotopic (exact) mass is 142 g/mol. The first kappa shape index (κ1) is 6.34. The lowest BCUT2D eigenvalue weighted by Gasteiger charge is -2.08. The van der Waals surface area contributed by atoms with Crippen molar-refractivity contribution in [2.75, 3.05) is 6.16 Å². The number of alkyl halides is 2. The zero-order valence-electron chi connectivity index (χ0n) is 4.20. The molecule has 1 unspecified atom stereocenters. The smallest absolute Gasteiger partial charge is 0.221 e. The highest BCUT2D eigenvalue weighted by atomic mass is 31.2. The topological polar surface area (TPSA) is 0 Å². The van der Waals surface area contributed by atoms with Crippen LogP contribution in [0.15, 0.2) is 0 Å². The van der Waals surface area contributed by atoms with Gasteiger partial charge in [-0.15, -0.1) is 0 Å². The van der Waals surface area contributed by atoms with Crippen LogP contribution in [0.25, 0.3) is 0 Å². The van der Waals surface area contributed by atoms with Crippen LogP contribution in [0.4, 0.5) is 13.0 Å². The summed E-state index contributed by atoms with van der Waals surface area (Å²) < 4.78 is 36.0. The maximum Gasteiger partial charge on any atom is 0.294 e. The molecule has 1 fully saturated rings. The van der Waals surface area contributed by atoms with Crippen molar-refractivity contribution in [3.8, 4) is 0 Å². The molecule has 0 aromatic rings. The van der Waals surface area contributed by atoms with Crippen molar-refractivity contribution in [3.05, 3.63) is 0 Å². The lowest BCUT2D eigenvalue weighted by molar-refractivity contribution is 0.0925. The van der Waals surface area contributed by atoms with E-state index >= 15 is 0 Å². The molecule has 0 aliphatic carbocycles. The first-order valence-electron chi connectivity index (χ1n) is 2.44. The predicted octanol–water partition coefficient (Wildman–Crippen LogP) is 2.74. The maximum atomic E-state index is 12.0. The third-order valence-electron chi connectivity index (χ3n) is 1.19. The van der Waals surface area contributed by atoms with E-state index in [0.717, 1.165) is 0 Å². The quantitative estimate of drug-likeness (QED) is 0.456. The molecular weight excluding hydrogens is 136 g/mol. The van der Waals surface area contributed by atoms with E-state index in [4.69, 9.17) is 0 Å². The highest BCUT2D eigenvalue weighted by molar-refractivity contribution is 7.53. The average molecular weight is 142 g/mol. The zero-order chi connectivity index (χ0) is 6.20. The van der Waals surface area contributed by atoms with Crippen LogP contribution in [0.1, 0.15) is 12.8 Å². The fourth-order valence-corrected chi connectivity index (χ4v) is 1.88. The van der Waals surface area contributed by atoms with Gasteiger partial charge in [0.05, 0.1) is 0 Å². The van der Waals surface area contributed by atoms with Crippen LogP contribution >= 0.6 is 8.23 Å². The number of hydrogen-bond acceptors (Lipinski definition) is 0. The van der Waals surface area contributed by atoms with Gasteiger partial charge >= 0.3 is 0 Å². The molecule has 1 saturated heterocycles. The molecule has 8 heavy (non-hydrogen) atoms. The molecule has 0 nitrogen and oxygen atoms in total. The zero-order valence-corrected chi connectivity index (χ0v) is 5.10. The molecular formula is C4H6F3P. The molecule has 0 radical (unpaired) electrons. The number of hydrogen-bond donors (Lipinski definition) is 0. The third-order valence-corrected chi connectivity index (χ3v) is 2.83. The largest absolute Gasteiger partial charge is 0.294 e. The van der Waals surface area contributed by atoms with E-state index in [1.165, 1.54) is 0 Å². The van der Waals surface area contributed by atoms with Gasteiger partial charge in [-0.3, -0.25) is 0 Å². The summed E-state index contributed by atoms with van der Waals surface area (Å²) in [6.45, 7) is 0. The Labute approximate surface area is 46.9 Å². The van der Waals surface area contributed by atoms with E-state index < -0.39 is 13.9 Å². The van der Waals surface area contributed by atoms with Crippen LogP contribution in [0, 0.1) is 0 Å². The second kappa shape index (κ2) is 1.87. The van der Waals surface area contributed by atoms with Gasteiger partial charge in [-0.2, -0.15) is 8.78 Å². The van der Waals surface area contributed by atoms with Crippen molar-refractivity contribution in [2.24, 2.45) is 0 Å². The summed E-state index contributed by atoms with van der Waals surface area (Å²) in [4.78, 5) is 0. The SMILES string of the molecule is FP1CCCC1(F)F. The summed E-state index contributed by atoms with van der Waals surface area (Å²) in [7, 11) is -2.44. The molecule has 0 amide bonds. The van der Waals surface area contributed by atoms with Gasteiger partial charge in [0, 0.05) is 12.6 Å². The van der Waals surface area contributed by atoms with Crippen LogP contribution in [0.5, 0.6) is 0 Å². The van der Waals surface area contributed by atoms with Gasteiger partial charge in [0.25, 0.3) is 5.66 Å². The third kappa shape index (κ3) is 0.970. The number of rotatable bonds is 0. The van der Waals surface area contributed by atoms with Crippen molar-refractivity contribution in [1.29, 1.82) is 0 Å². The van der Waals surface area contributed by atoms with Crippen molar-refractivity contribution >= 4 is 8.23 Å². The Morgan fingerprint density at radius 1 is 1.38 bits per heavy atom. The highest BCUT2D eigenvalue weighted by Crippen LogP contribution is 2.61. The molecule has 0 aromatic heterocycles. The Kier molecular flexibility index (Phi) is 1.48. The van der Waals surface area contributed by atoms with Gasteiger partial charge in [0.1, 0.15) is 0 Å². The molecule has 0 aromatic carbocycles. The molecule has 1 atom stereocenters. The molecule has 48 valence electrons. The summed E-state index contributed by atoms with van der Waals surface area (Å²) >= 11 is 0. The summed E-state index contributed by atoms with van der Waals surface area (Å²) in [5.74, 6) is 0. The van der Waals surface area contributed by atoms with E-state index in [0.29, 0.717) is 6.42 Å². The molecule has 1 rings (SSSR count). The van der Waals surface area contributed by atoms with Crippen LogP contribution < -0.4 is 0 Å².